The van der Waals surface area contributed by atoms with Gasteiger partial charge in [-0.2, -0.15) is 0 Å². The molecular formula is C18H25NO5. The Bertz CT molecular complexity index is 579. The summed E-state index contributed by atoms with van der Waals surface area (Å²) in [5.41, 5.74) is -0.0950. The molecule has 0 heterocycles. The maximum absolute atomic E-state index is 12.1. The highest BCUT2D eigenvalue weighted by Crippen LogP contribution is 2.32. The average molecular weight is 335 g/mol. The minimum absolute atomic E-state index is 0.147. The van der Waals surface area contributed by atoms with Gasteiger partial charge in [-0.25, -0.2) is 0 Å². The van der Waals surface area contributed by atoms with Crippen molar-refractivity contribution in [3.8, 4) is 5.75 Å². The Morgan fingerprint density at radius 1 is 1.29 bits per heavy atom. The molecule has 6 heteroatoms. The molecule has 0 unspecified atom stereocenters. The summed E-state index contributed by atoms with van der Waals surface area (Å²) in [6, 6.07) is 7.33. The van der Waals surface area contributed by atoms with Crippen molar-refractivity contribution in [2.45, 2.75) is 37.7 Å². The van der Waals surface area contributed by atoms with Crippen LogP contribution in [0, 0.1) is 5.92 Å². The van der Waals surface area contributed by atoms with Crippen LogP contribution in [0.3, 0.4) is 0 Å². The van der Waals surface area contributed by atoms with E-state index in [0.29, 0.717) is 31.4 Å². The van der Waals surface area contributed by atoms with Crippen LogP contribution in [0.5, 0.6) is 5.75 Å². The van der Waals surface area contributed by atoms with Gasteiger partial charge in [0.2, 0.25) is 5.91 Å². The molecule has 24 heavy (non-hydrogen) atoms. The molecule has 2 N–H and O–H groups in total. The van der Waals surface area contributed by atoms with E-state index >= 15 is 0 Å². The summed E-state index contributed by atoms with van der Waals surface area (Å²) < 4.78 is 9.88. The van der Waals surface area contributed by atoms with E-state index in [9.17, 15) is 14.7 Å². The second-order valence-corrected chi connectivity index (χ2v) is 6.33. The standard InChI is InChI=1S/C18H25NO5/c1-23-15-5-3-4-13(10-15)11-16(20)19-12-18(22)8-6-14(7-9-18)17(21)24-2/h3-5,10,14,22H,6-9,11-12H2,1-2H3,(H,19,20). The summed E-state index contributed by atoms with van der Waals surface area (Å²) in [6.45, 7) is 0.198. The van der Waals surface area contributed by atoms with Crippen molar-refractivity contribution < 1.29 is 24.2 Å². The van der Waals surface area contributed by atoms with Crippen LogP contribution in [0.4, 0.5) is 0 Å². The number of hydrogen-bond donors (Lipinski definition) is 2. The van der Waals surface area contributed by atoms with E-state index in [0.717, 1.165) is 5.56 Å². The van der Waals surface area contributed by atoms with E-state index < -0.39 is 5.60 Å². The highest BCUT2D eigenvalue weighted by molar-refractivity contribution is 5.78. The van der Waals surface area contributed by atoms with Gasteiger partial charge >= 0.3 is 5.97 Å². The number of nitrogens with one attached hydrogen (secondary N) is 1. The Balaban J connectivity index is 1.80. The van der Waals surface area contributed by atoms with Crippen molar-refractivity contribution in [3.63, 3.8) is 0 Å². The normalized spacial score (nSPS) is 23.4. The van der Waals surface area contributed by atoms with Crippen molar-refractivity contribution in [2.75, 3.05) is 20.8 Å². The van der Waals surface area contributed by atoms with Gasteiger partial charge in [0.1, 0.15) is 5.75 Å². The molecule has 0 spiro atoms. The Labute approximate surface area is 142 Å². The van der Waals surface area contributed by atoms with E-state index in [4.69, 9.17) is 9.47 Å². The average Bonchev–Trinajstić information content (AvgIpc) is 2.60. The molecule has 6 nitrogen and oxygen atoms in total. The summed E-state index contributed by atoms with van der Waals surface area (Å²) in [7, 11) is 2.96. The van der Waals surface area contributed by atoms with Crippen LogP contribution < -0.4 is 10.1 Å². The largest absolute Gasteiger partial charge is 0.497 e. The number of hydrogen-bond acceptors (Lipinski definition) is 5. The van der Waals surface area contributed by atoms with Gasteiger partial charge in [-0.3, -0.25) is 9.59 Å². The third-order valence-corrected chi connectivity index (χ3v) is 4.56. The van der Waals surface area contributed by atoms with Crippen LogP contribution in [0.25, 0.3) is 0 Å². The minimum atomic E-state index is -0.950. The van der Waals surface area contributed by atoms with Crippen LogP contribution in [0.15, 0.2) is 24.3 Å². The lowest BCUT2D eigenvalue weighted by Gasteiger charge is -2.35. The molecule has 1 amide bonds. The predicted molar refractivity (Wildman–Crippen MR) is 88.6 cm³/mol. The monoisotopic (exact) mass is 335 g/mol. The molecule has 0 atom stereocenters. The van der Waals surface area contributed by atoms with Crippen LogP contribution in [0.1, 0.15) is 31.2 Å². The number of carbonyl (C=O) groups is 2. The van der Waals surface area contributed by atoms with E-state index in [1.807, 2.05) is 24.3 Å². The molecule has 132 valence electrons. The van der Waals surface area contributed by atoms with Crippen molar-refractivity contribution >= 4 is 11.9 Å². The number of rotatable bonds is 6. The second kappa shape index (κ2) is 8.15. The van der Waals surface area contributed by atoms with Gasteiger partial charge < -0.3 is 19.9 Å². The number of carbonyl (C=O) groups excluding carboxylic acids is 2. The first-order chi connectivity index (χ1) is 11.5. The summed E-state index contributed by atoms with van der Waals surface area (Å²) in [5, 5.41) is 13.3. The van der Waals surface area contributed by atoms with E-state index in [2.05, 4.69) is 5.32 Å². The third-order valence-electron chi connectivity index (χ3n) is 4.56. The third kappa shape index (κ3) is 4.96. The molecule has 0 bridgehead atoms. The molecule has 0 saturated heterocycles. The van der Waals surface area contributed by atoms with Gasteiger partial charge in [0.25, 0.3) is 0 Å². The fraction of sp³-hybridized carbons (Fsp3) is 0.556. The van der Waals surface area contributed by atoms with Gasteiger partial charge in [0.05, 0.1) is 32.2 Å². The Morgan fingerprint density at radius 2 is 2.00 bits per heavy atom. The molecule has 1 aromatic rings. The molecule has 1 aromatic carbocycles. The van der Waals surface area contributed by atoms with Crippen molar-refractivity contribution in [1.29, 1.82) is 0 Å². The number of ether oxygens (including phenoxy) is 2. The van der Waals surface area contributed by atoms with Crippen molar-refractivity contribution in [2.24, 2.45) is 5.92 Å². The van der Waals surface area contributed by atoms with E-state index in [-0.39, 0.29) is 30.8 Å². The second-order valence-electron chi connectivity index (χ2n) is 6.33. The lowest BCUT2D eigenvalue weighted by molar-refractivity contribution is -0.148. The van der Waals surface area contributed by atoms with Gasteiger partial charge in [-0.05, 0) is 43.4 Å². The van der Waals surface area contributed by atoms with Crippen LogP contribution in [-0.4, -0.2) is 43.3 Å². The summed E-state index contributed by atoms with van der Waals surface area (Å²) in [6.07, 6.45) is 2.35. The topological polar surface area (TPSA) is 84.9 Å². The Hall–Kier alpha value is -2.08. The highest BCUT2D eigenvalue weighted by atomic mass is 16.5. The van der Waals surface area contributed by atoms with Gasteiger partial charge in [-0.1, -0.05) is 12.1 Å². The molecule has 0 aliphatic heterocycles. The molecule has 2 rings (SSSR count). The van der Waals surface area contributed by atoms with Crippen molar-refractivity contribution in [1.82, 2.24) is 5.32 Å². The van der Waals surface area contributed by atoms with E-state index in [1.54, 1.807) is 7.11 Å². The number of esters is 1. The fourth-order valence-electron chi connectivity index (χ4n) is 3.03. The zero-order valence-corrected chi connectivity index (χ0v) is 14.2. The van der Waals surface area contributed by atoms with Gasteiger partial charge in [-0.15, -0.1) is 0 Å². The van der Waals surface area contributed by atoms with Crippen LogP contribution in [0.2, 0.25) is 0 Å². The zero-order chi connectivity index (χ0) is 17.6. The minimum Gasteiger partial charge on any atom is -0.497 e. The SMILES string of the molecule is COC(=O)C1CCC(O)(CNC(=O)Cc2cccc(OC)c2)CC1. The first kappa shape index (κ1) is 18.3. The first-order valence-corrected chi connectivity index (χ1v) is 8.15. The molecule has 0 radical (unpaired) electrons. The Morgan fingerprint density at radius 3 is 2.62 bits per heavy atom. The molecule has 1 aliphatic carbocycles. The fourth-order valence-corrected chi connectivity index (χ4v) is 3.03. The van der Waals surface area contributed by atoms with Crippen LogP contribution >= 0.6 is 0 Å². The van der Waals surface area contributed by atoms with Crippen molar-refractivity contribution in [3.05, 3.63) is 29.8 Å². The maximum atomic E-state index is 12.1. The molecule has 0 aromatic heterocycles. The summed E-state index contributed by atoms with van der Waals surface area (Å²) in [5.74, 6) is 0.189. The molecule has 1 fully saturated rings. The Kier molecular flexibility index (Phi) is 6.20. The molecular weight excluding hydrogens is 310 g/mol. The lowest BCUT2D eigenvalue weighted by atomic mass is 9.78. The quantitative estimate of drug-likeness (QED) is 0.769. The summed E-state index contributed by atoms with van der Waals surface area (Å²) >= 11 is 0. The highest BCUT2D eigenvalue weighted by Gasteiger charge is 2.36. The number of aliphatic hydroxyl groups is 1. The van der Waals surface area contributed by atoms with Gasteiger partial charge in [0.15, 0.2) is 0 Å². The lowest BCUT2D eigenvalue weighted by Crippen LogP contribution is -2.46. The molecule has 1 aliphatic rings. The number of methoxy groups -OCH3 is 2. The summed E-state index contributed by atoms with van der Waals surface area (Å²) in [4.78, 5) is 23.6. The maximum Gasteiger partial charge on any atom is 0.308 e. The number of amides is 1. The predicted octanol–water partition coefficient (Wildman–Crippen LogP) is 1.45. The van der Waals surface area contributed by atoms with Crippen LogP contribution in [-0.2, 0) is 20.7 Å². The first-order valence-electron chi connectivity index (χ1n) is 8.15. The van der Waals surface area contributed by atoms with E-state index in [1.165, 1.54) is 7.11 Å². The molecule has 1 saturated carbocycles. The number of benzene rings is 1. The van der Waals surface area contributed by atoms with Gasteiger partial charge in [0, 0.05) is 6.54 Å². The smallest absolute Gasteiger partial charge is 0.308 e. The zero-order valence-electron chi connectivity index (χ0n) is 14.2.